The average Bonchev–Trinajstić information content (AvgIpc) is 2.89. The fraction of sp³-hybridized carbons (Fsp3) is 0.783. The Morgan fingerprint density at radius 3 is 2.76 bits per heavy atom. The molecular weight excluding hydrogens is 308 g/mol. The van der Waals surface area contributed by atoms with Gasteiger partial charge in [0.2, 0.25) is 0 Å². The first kappa shape index (κ1) is 17.5. The molecule has 0 radical (unpaired) electrons. The van der Waals surface area contributed by atoms with Crippen LogP contribution in [0.5, 0.6) is 0 Å². The van der Waals surface area contributed by atoms with Gasteiger partial charge in [-0.15, -0.1) is 0 Å². The lowest BCUT2D eigenvalue weighted by atomic mass is 9.46. The minimum absolute atomic E-state index is 0.0596. The highest BCUT2D eigenvalue weighted by Gasteiger charge is 2.59. The van der Waals surface area contributed by atoms with Crippen LogP contribution in [0, 0.1) is 34.5 Å². The van der Waals surface area contributed by atoms with Crippen LogP contribution in [-0.4, -0.2) is 17.0 Å². The van der Waals surface area contributed by atoms with Gasteiger partial charge in [-0.05, 0) is 79.8 Å². The molecule has 0 bridgehead atoms. The third-order valence-corrected chi connectivity index (χ3v) is 8.57. The summed E-state index contributed by atoms with van der Waals surface area (Å²) in [6.07, 6.45) is 15.4. The molecule has 138 valence electrons. The molecule has 0 aromatic rings. The van der Waals surface area contributed by atoms with Crippen LogP contribution in [0.1, 0.15) is 72.1 Å². The molecule has 25 heavy (non-hydrogen) atoms. The number of aliphatic hydroxyl groups excluding tert-OH is 1. The molecule has 1 N–H and O–H groups in total. The van der Waals surface area contributed by atoms with Gasteiger partial charge in [-0.25, -0.2) is 0 Å². The number of hydrogen-bond donors (Lipinski definition) is 1. The van der Waals surface area contributed by atoms with Gasteiger partial charge in [-0.1, -0.05) is 45.3 Å². The second-order valence-corrected chi connectivity index (χ2v) is 9.71. The van der Waals surface area contributed by atoms with Gasteiger partial charge in [0.05, 0.1) is 6.10 Å². The van der Waals surface area contributed by atoms with E-state index in [4.69, 9.17) is 0 Å². The van der Waals surface area contributed by atoms with Crippen LogP contribution in [0.3, 0.4) is 0 Å². The molecule has 0 aliphatic heterocycles. The van der Waals surface area contributed by atoms with Crippen molar-refractivity contribution >= 4 is 5.78 Å². The lowest BCUT2D eigenvalue weighted by molar-refractivity contribution is -0.111. The monoisotopic (exact) mass is 342 g/mol. The first-order chi connectivity index (χ1) is 11.9. The molecule has 0 aromatic heterocycles. The molecular formula is C23H34O2. The zero-order valence-corrected chi connectivity index (χ0v) is 16.1. The number of carbonyl (C=O) groups is 1. The van der Waals surface area contributed by atoms with E-state index in [1.807, 2.05) is 12.2 Å². The molecule has 0 amide bonds. The number of unbranched alkanes of at least 4 members (excludes halogenated alkanes) is 1. The maximum absolute atomic E-state index is 12.1. The van der Waals surface area contributed by atoms with E-state index >= 15 is 0 Å². The van der Waals surface area contributed by atoms with Crippen molar-refractivity contribution in [1.82, 2.24) is 0 Å². The fourth-order valence-corrected chi connectivity index (χ4v) is 7.12. The Bertz CT molecular complexity index is 618. The molecule has 2 nitrogen and oxygen atoms in total. The summed E-state index contributed by atoms with van der Waals surface area (Å²) in [6, 6.07) is 0. The number of allylic oxidation sites excluding steroid dienone is 4. The Balaban J connectivity index is 1.71. The van der Waals surface area contributed by atoms with Crippen LogP contribution in [-0.2, 0) is 4.79 Å². The van der Waals surface area contributed by atoms with Gasteiger partial charge >= 0.3 is 0 Å². The highest BCUT2D eigenvalue weighted by atomic mass is 16.3. The third-order valence-electron chi connectivity index (χ3n) is 8.57. The van der Waals surface area contributed by atoms with Crippen molar-refractivity contribution < 1.29 is 9.90 Å². The van der Waals surface area contributed by atoms with Crippen molar-refractivity contribution in [3.8, 4) is 0 Å². The van der Waals surface area contributed by atoms with Gasteiger partial charge in [-0.2, -0.15) is 0 Å². The third kappa shape index (κ3) is 2.51. The number of rotatable bonds is 3. The van der Waals surface area contributed by atoms with Gasteiger partial charge in [0, 0.05) is 5.41 Å². The second-order valence-electron chi connectivity index (χ2n) is 9.71. The fourth-order valence-electron chi connectivity index (χ4n) is 7.12. The quantitative estimate of drug-likeness (QED) is 0.777. The largest absolute Gasteiger partial charge is 0.393 e. The van der Waals surface area contributed by atoms with Gasteiger partial charge in [0.1, 0.15) is 0 Å². The molecule has 0 spiro atoms. The second kappa shape index (κ2) is 6.08. The highest BCUT2D eigenvalue weighted by molar-refractivity contribution is 6.01. The van der Waals surface area contributed by atoms with Crippen molar-refractivity contribution in [2.75, 3.05) is 0 Å². The molecule has 2 heteroatoms. The predicted octanol–water partition coefficient (Wildman–Crippen LogP) is 5.07. The van der Waals surface area contributed by atoms with Crippen molar-refractivity contribution in [1.29, 1.82) is 0 Å². The summed E-state index contributed by atoms with van der Waals surface area (Å²) in [5.41, 5.74) is 1.61. The first-order valence-corrected chi connectivity index (χ1v) is 10.5. The van der Waals surface area contributed by atoms with Crippen molar-refractivity contribution in [3.05, 3.63) is 23.8 Å². The van der Waals surface area contributed by atoms with Crippen LogP contribution < -0.4 is 0 Å². The Kier molecular flexibility index (Phi) is 4.26. The lowest BCUT2D eigenvalue weighted by Gasteiger charge is -2.58. The standard InChI is InChI=1S/C23H34O2/c1-4-5-6-15-13-17-18-7-8-21(25)23(18,3)12-10-19(17)22(2)11-9-16(24)14-20(15)22/h9,11,14-15,17-19,21,25H,4-8,10,12-13H2,1-3H3/t15?,17-,18-,19-,21-,22+,23-/m0/s1. The Labute approximate surface area is 152 Å². The van der Waals surface area contributed by atoms with E-state index in [0.717, 1.165) is 12.8 Å². The average molecular weight is 343 g/mol. The number of hydrogen-bond acceptors (Lipinski definition) is 2. The number of carbonyl (C=O) groups excluding carboxylic acids is 1. The molecule has 4 aliphatic rings. The van der Waals surface area contributed by atoms with Gasteiger partial charge < -0.3 is 5.11 Å². The molecule has 4 rings (SSSR count). The highest BCUT2D eigenvalue weighted by Crippen LogP contribution is 2.65. The smallest absolute Gasteiger partial charge is 0.178 e. The van der Waals surface area contributed by atoms with Crippen LogP contribution in [0.2, 0.25) is 0 Å². The summed E-state index contributed by atoms with van der Waals surface area (Å²) in [5.74, 6) is 2.75. The normalized spacial score (nSPS) is 48.6. The summed E-state index contributed by atoms with van der Waals surface area (Å²) in [7, 11) is 0. The van der Waals surface area contributed by atoms with Crippen LogP contribution in [0.25, 0.3) is 0 Å². The molecule has 0 saturated heterocycles. The zero-order valence-electron chi connectivity index (χ0n) is 16.1. The van der Waals surface area contributed by atoms with Crippen LogP contribution >= 0.6 is 0 Å². The number of ketones is 1. The lowest BCUT2D eigenvalue weighted by Crippen LogP contribution is -2.52. The Morgan fingerprint density at radius 1 is 1.20 bits per heavy atom. The summed E-state index contributed by atoms with van der Waals surface area (Å²) in [5, 5.41) is 10.6. The van der Waals surface area contributed by atoms with E-state index in [0.29, 0.717) is 23.7 Å². The molecule has 3 fully saturated rings. The number of aliphatic hydroxyl groups is 1. The maximum atomic E-state index is 12.1. The predicted molar refractivity (Wildman–Crippen MR) is 101 cm³/mol. The molecule has 0 aromatic carbocycles. The minimum atomic E-state index is -0.110. The van der Waals surface area contributed by atoms with E-state index in [2.05, 4.69) is 26.8 Å². The Morgan fingerprint density at radius 2 is 2.00 bits per heavy atom. The van der Waals surface area contributed by atoms with E-state index in [1.165, 1.54) is 44.1 Å². The van der Waals surface area contributed by atoms with Gasteiger partial charge in [-0.3, -0.25) is 4.79 Å². The van der Waals surface area contributed by atoms with Crippen molar-refractivity contribution in [3.63, 3.8) is 0 Å². The first-order valence-electron chi connectivity index (χ1n) is 10.5. The van der Waals surface area contributed by atoms with E-state index in [-0.39, 0.29) is 22.7 Å². The van der Waals surface area contributed by atoms with Crippen molar-refractivity contribution in [2.45, 2.75) is 78.2 Å². The van der Waals surface area contributed by atoms with Gasteiger partial charge in [0.15, 0.2) is 5.78 Å². The maximum Gasteiger partial charge on any atom is 0.178 e. The molecule has 0 heterocycles. The summed E-state index contributed by atoms with van der Waals surface area (Å²) in [4.78, 5) is 12.1. The number of fused-ring (bicyclic) bond motifs is 5. The minimum Gasteiger partial charge on any atom is -0.393 e. The molecule has 4 aliphatic carbocycles. The van der Waals surface area contributed by atoms with Crippen LogP contribution in [0.4, 0.5) is 0 Å². The van der Waals surface area contributed by atoms with E-state index < -0.39 is 0 Å². The summed E-state index contributed by atoms with van der Waals surface area (Å²) < 4.78 is 0. The summed E-state index contributed by atoms with van der Waals surface area (Å²) in [6.45, 7) is 7.00. The molecule has 3 saturated carbocycles. The topological polar surface area (TPSA) is 37.3 Å². The van der Waals surface area contributed by atoms with Gasteiger partial charge in [0.25, 0.3) is 0 Å². The SMILES string of the molecule is CCCCC1C[C@H]2[C@@H]3CC[C@H](O)[C@@]3(C)CC[C@@H]2[C@@]2(C)C=CC(=O)C=C12. The molecule has 1 unspecified atom stereocenters. The van der Waals surface area contributed by atoms with Crippen molar-refractivity contribution in [2.24, 2.45) is 34.5 Å². The summed E-state index contributed by atoms with van der Waals surface area (Å²) >= 11 is 0. The Hall–Kier alpha value is -0.890. The zero-order chi connectivity index (χ0) is 17.8. The van der Waals surface area contributed by atoms with E-state index in [9.17, 15) is 9.90 Å². The molecule has 7 atom stereocenters. The van der Waals surface area contributed by atoms with E-state index in [1.54, 1.807) is 0 Å². The van der Waals surface area contributed by atoms with Crippen LogP contribution in [0.15, 0.2) is 23.8 Å².